The number of hydrogen-bond acceptors (Lipinski definition) is 6. The molecule has 1 fully saturated rings. The van der Waals surface area contributed by atoms with E-state index < -0.39 is 0 Å². The molecule has 2 heterocycles. The Morgan fingerprint density at radius 1 is 0.727 bits per heavy atom. The monoisotopic (exact) mass is 310 g/mol. The van der Waals surface area contributed by atoms with E-state index >= 15 is 0 Å². The van der Waals surface area contributed by atoms with Crippen molar-refractivity contribution in [1.82, 2.24) is 9.88 Å². The van der Waals surface area contributed by atoms with E-state index in [0.29, 0.717) is 52.9 Å². The fourth-order valence-corrected chi connectivity index (χ4v) is 2.17. The molecule has 124 valence electrons. The standard InChI is InChI=1S/C16H26N2O4/c1-3-17-4-2-16(1)15-18-5-7-19-9-11-21-13-14-22-12-10-20-8-6-18/h1-4H,5-15H2. The average molecular weight is 310 g/mol. The van der Waals surface area contributed by atoms with Crippen LogP contribution in [0.4, 0.5) is 0 Å². The molecule has 0 saturated carbocycles. The van der Waals surface area contributed by atoms with Crippen LogP contribution in [0.3, 0.4) is 0 Å². The van der Waals surface area contributed by atoms with Gasteiger partial charge in [0.05, 0.1) is 52.9 Å². The van der Waals surface area contributed by atoms with Crippen molar-refractivity contribution in [1.29, 1.82) is 0 Å². The first kappa shape index (κ1) is 17.3. The zero-order valence-electron chi connectivity index (χ0n) is 13.1. The lowest BCUT2D eigenvalue weighted by atomic mass is 10.2. The summed E-state index contributed by atoms with van der Waals surface area (Å²) < 4.78 is 22.1. The lowest BCUT2D eigenvalue weighted by Crippen LogP contribution is -2.31. The molecule has 0 radical (unpaired) electrons. The quantitative estimate of drug-likeness (QED) is 0.811. The number of ether oxygens (including phenoxy) is 4. The highest BCUT2D eigenvalue weighted by Crippen LogP contribution is 2.03. The molecule has 1 aliphatic heterocycles. The van der Waals surface area contributed by atoms with Crippen molar-refractivity contribution >= 4 is 0 Å². The third-order valence-electron chi connectivity index (χ3n) is 3.38. The molecule has 6 nitrogen and oxygen atoms in total. The summed E-state index contributed by atoms with van der Waals surface area (Å²) in [6.07, 6.45) is 3.65. The van der Waals surface area contributed by atoms with E-state index in [1.807, 2.05) is 24.5 Å². The van der Waals surface area contributed by atoms with E-state index in [4.69, 9.17) is 18.9 Å². The summed E-state index contributed by atoms with van der Waals surface area (Å²) in [5.41, 5.74) is 1.25. The summed E-state index contributed by atoms with van der Waals surface area (Å²) in [5, 5.41) is 0. The van der Waals surface area contributed by atoms with E-state index in [9.17, 15) is 0 Å². The van der Waals surface area contributed by atoms with Gasteiger partial charge in [0.2, 0.25) is 0 Å². The van der Waals surface area contributed by atoms with E-state index in [1.165, 1.54) is 5.56 Å². The SMILES string of the molecule is c1cc(CN2CCOCCOCCOCCOCC2)ccn1. The van der Waals surface area contributed by atoms with Crippen LogP contribution in [0, 0.1) is 0 Å². The van der Waals surface area contributed by atoms with Crippen LogP contribution in [0.15, 0.2) is 24.5 Å². The van der Waals surface area contributed by atoms with Crippen LogP contribution in [0.5, 0.6) is 0 Å². The summed E-state index contributed by atoms with van der Waals surface area (Å²) in [4.78, 5) is 6.38. The van der Waals surface area contributed by atoms with Gasteiger partial charge in [-0.15, -0.1) is 0 Å². The van der Waals surface area contributed by atoms with Crippen LogP contribution in [0.2, 0.25) is 0 Å². The molecule has 1 aromatic heterocycles. The smallest absolute Gasteiger partial charge is 0.0701 e. The first-order valence-corrected chi connectivity index (χ1v) is 7.87. The van der Waals surface area contributed by atoms with E-state index in [0.717, 1.165) is 19.6 Å². The van der Waals surface area contributed by atoms with Gasteiger partial charge in [0.15, 0.2) is 0 Å². The third kappa shape index (κ3) is 7.82. The molecule has 0 bridgehead atoms. The van der Waals surface area contributed by atoms with Gasteiger partial charge in [0.1, 0.15) is 0 Å². The van der Waals surface area contributed by atoms with Crippen molar-refractivity contribution in [3.8, 4) is 0 Å². The molecule has 0 N–H and O–H groups in total. The molecule has 0 aromatic carbocycles. The van der Waals surface area contributed by atoms with Crippen molar-refractivity contribution in [2.45, 2.75) is 6.54 Å². The van der Waals surface area contributed by atoms with Gasteiger partial charge in [-0.05, 0) is 17.7 Å². The average Bonchev–Trinajstić information content (AvgIpc) is 2.56. The van der Waals surface area contributed by atoms with Gasteiger partial charge in [-0.3, -0.25) is 9.88 Å². The van der Waals surface area contributed by atoms with Crippen molar-refractivity contribution < 1.29 is 18.9 Å². The second-order valence-electron chi connectivity index (χ2n) is 5.08. The second-order valence-corrected chi connectivity index (χ2v) is 5.08. The van der Waals surface area contributed by atoms with Crippen molar-refractivity contribution in [3.05, 3.63) is 30.1 Å². The molecule has 1 aliphatic rings. The van der Waals surface area contributed by atoms with Gasteiger partial charge in [0, 0.05) is 32.0 Å². The fraction of sp³-hybridized carbons (Fsp3) is 0.688. The second kappa shape index (κ2) is 11.5. The molecule has 22 heavy (non-hydrogen) atoms. The Kier molecular flexibility index (Phi) is 9.05. The molecular formula is C16H26N2O4. The Morgan fingerprint density at radius 2 is 1.18 bits per heavy atom. The maximum absolute atomic E-state index is 5.62. The number of rotatable bonds is 2. The van der Waals surface area contributed by atoms with Crippen LogP contribution < -0.4 is 0 Å². The number of nitrogens with zero attached hydrogens (tertiary/aromatic N) is 2. The number of pyridine rings is 1. The summed E-state index contributed by atoms with van der Waals surface area (Å²) >= 11 is 0. The summed E-state index contributed by atoms with van der Waals surface area (Å²) in [5.74, 6) is 0. The molecule has 2 rings (SSSR count). The normalized spacial score (nSPS) is 20.9. The highest BCUT2D eigenvalue weighted by atomic mass is 16.6. The first-order valence-electron chi connectivity index (χ1n) is 7.87. The van der Waals surface area contributed by atoms with Crippen LogP contribution in [-0.4, -0.2) is 75.8 Å². The highest BCUT2D eigenvalue weighted by Gasteiger charge is 2.07. The molecule has 0 spiro atoms. The topological polar surface area (TPSA) is 53.1 Å². The lowest BCUT2D eigenvalue weighted by Gasteiger charge is -2.22. The summed E-state index contributed by atoms with van der Waals surface area (Å²) in [7, 11) is 0. The Bertz CT molecular complexity index is 362. The lowest BCUT2D eigenvalue weighted by molar-refractivity contribution is 0.00206. The fourth-order valence-electron chi connectivity index (χ4n) is 2.17. The van der Waals surface area contributed by atoms with Gasteiger partial charge in [0.25, 0.3) is 0 Å². The van der Waals surface area contributed by atoms with Crippen molar-refractivity contribution in [3.63, 3.8) is 0 Å². The predicted octanol–water partition coefficient (Wildman–Crippen LogP) is 0.964. The maximum Gasteiger partial charge on any atom is 0.0701 e. The van der Waals surface area contributed by atoms with Crippen LogP contribution in [0.1, 0.15) is 5.56 Å². The predicted molar refractivity (Wildman–Crippen MR) is 82.8 cm³/mol. The molecule has 0 unspecified atom stereocenters. The van der Waals surface area contributed by atoms with Gasteiger partial charge in [-0.1, -0.05) is 0 Å². The molecule has 1 aromatic rings. The van der Waals surface area contributed by atoms with Gasteiger partial charge in [-0.2, -0.15) is 0 Å². The third-order valence-corrected chi connectivity index (χ3v) is 3.38. The van der Waals surface area contributed by atoms with Crippen molar-refractivity contribution in [2.24, 2.45) is 0 Å². The summed E-state index contributed by atoms with van der Waals surface area (Å²) in [6.45, 7) is 7.73. The van der Waals surface area contributed by atoms with Crippen LogP contribution in [0.25, 0.3) is 0 Å². The Morgan fingerprint density at radius 3 is 1.68 bits per heavy atom. The molecule has 6 heteroatoms. The molecule has 0 atom stereocenters. The summed E-state index contributed by atoms with van der Waals surface area (Å²) in [6, 6.07) is 4.08. The zero-order valence-corrected chi connectivity index (χ0v) is 13.1. The van der Waals surface area contributed by atoms with Crippen LogP contribution in [-0.2, 0) is 25.5 Å². The van der Waals surface area contributed by atoms with Crippen LogP contribution >= 0.6 is 0 Å². The first-order chi connectivity index (χ1) is 10.9. The molecular weight excluding hydrogens is 284 g/mol. The maximum atomic E-state index is 5.62. The Hall–Kier alpha value is -1.05. The van der Waals surface area contributed by atoms with Gasteiger partial charge in [-0.25, -0.2) is 0 Å². The van der Waals surface area contributed by atoms with Gasteiger partial charge >= 0.3 is 0 Å². The number of aromatic nitrogens is 1. The Balaban J connectivity index is 1.77. The molecule has 1 saturated heterocycles. The van der Waals surface area contributed by atoms with Crippen molar-refractivity contribution in [2.75, 3.05) is 65.9 Å². The molecule has 0 amide bonds. The molecule has 0 aliphatic carbocycles. The largest absolute Gasteiger partial charge is 0.378 e. The number of hydrogen-bond donors (Lipinski definition) is 0. The minimum atomic E-state index is 0.609. The minimum Gasteiger partial charge on any atom is -0.378 e. The highest BCUT2D eigenvalue weighted by molar-refractivity contribution is 5.09. The van der Waals surface area contributed by atoms with E-state index in [2.05, 4.69) is 9.88 Å². The van der Waals surface area contributed by atoms with Gasteiger partial charge < -0.3 is 18.9 Å². The zero-order chi connectivity index (χ0) is 15.3. The minimum absolute atomic E-state index is 0.609. The van der Waals surface area contributed by atoms with E-state index in [-0.39, 0.29) is 0 Å². The Labute approximate surface area is 132 Å². The van der Waals surface area contributed by atoms with E-state index in [1.54, 1.807) is 0 Å².